The minimum absolute atomic E-state index is 0.111. The van der Waals surface area contributed by atoms with Gasteiger partial charge in [0.2, 0.25) is 0 Å². The van der Waals surface area contributed by atoms with Crippen LogP contribution in [0.3, 0.4) is 0 Å². The Hall–Kier alpha value is -3.93. The van der Waals surface area contributed by atoms with Crippen LogP contribution in [-0.4, -0.2) is 21.2 Å². The first-order chi connectivity index (χ1) is 13.5. The Morgan fingerprint density at radius 2 is 2.04 bits per heavy atom. The van der Waals surface area contributed by atoms with Crippen molar-refractivity contribution in [1.29, 1.82) is 5.26 Å². The Labute approximate surface area is 160 Å². The van der Waals surface area contributed by atoms with Crippen molar-refractivity contribution in [1.82, 2.24) is 9.78 Å². The number of nitriles is 1. The molecule has 0 bridgehead atoms. The van der Waals surface area contributed by atoms with Crippen molar-refractivity contribution in [3.8, 4) is 11.8 Å². The smallest absolute Gasteiger partial charge is 0.292 e. The number of nitrogen functional groups attached to an aromatic ring is 1. The number of benzene rings is 2. The Balaban J connectivity index is 1.70. The van der Waals surface area contributed by atoms with Crippen LogP contribution >= 0.6 is 0 Å². The van der Waals surface area contributed by atoms with E-state index in [0.29, 0.717) is 30.6 Å². The van der Waals surface area contributed by atoms with Crippen LogP contribution in [0.2, 0.25) is 0 Å². The molecule has 28 heavy (non-hydrogen) atoms. The van der Waals surface area contributed by atoms with Gasteiger partial charge in [-0.05, 0) is 31.0 Å². The Bertz CT molecular complexity index is 1040. The number of aryl methyl sites for hydroxylation is 1. The highest BCUT2D eigenvalue weighted by Crippen LogP contribution is 2.25. The summed E-state index contributed by atoms with van der Waals surface area (Å²) in [5.74, 6) is -0.299. The van der Waals surface area contributed by atoms with E-state index in [1.807, 2.05) is 30.3 Å². The molecular weight excluding hydrogens is 363 g/mol. The van der Waals surface area contributed by atoms with Crippen molar-refractivity contribution in [2.45, 2.75) is 12.8 Å². The number of anilines is 2. The minimum atomic E-state index is -0.572. The second-order valence-electron chi connectivity index (χ2n) is 6.02. The molecule has 3 aromatic rings. The molecule has 3 rings (SSSR count). The molecule has 0 fully saturated rings. The Morgan fingerprint density at radius 3 is 2.71 bits per heavy atom. The van der Waals surface area contributed by atoms with Gasteiger partial charge in [-0.25, -0.2) is 9.07 Å². The molecule has 0 unspecified atom stereocenters. The molecule has 0 aliphatic rings. The fourth-order valence-electron chi connectivity index (χ4n) is 2.83. The highest BCUT2D eigenvalue weighted by atomic mass is 19.1. The monoisotopic (exact) mass is 380 g/mol. The first-order valence-corrected chi connectivity index (χ1v) is 8.52. The summed E-state index contributed by atoms with van der Waals surface area (Å²) in [4.78, 5) is 10.5. The summed E-state index contributed by atoms with van der Waals surface area (Å²) in [5.41, 5.74) is 7.56. The minimum Gasteiger partial charge on any atom is -0.382 e. The van der Waals surface area contributed by atoms with E-state index in [2.05, 4.69) is 16.5 Å². The van der Waals surface area contributed by atoms with E-state index in [-0.39, 0.29) is 17.2 Å². The lowest BCUT2D eigenvalue weighted by Gasteiger charge is -2.06. The lowest BCUT2D eigenvalue weighted by atomic mass is 10.1. The SMILES string of the molecule is N#Cc1c(CCCNc2cc(F)ccc2[N+](=O)[O-])nn(-c2ccccc2)c1N. The average Bonchev–Trinajstić information content (AvgIpc) is 3.01. The molecular formula is C19H17FN6O2. The van der Waals surface area contributed by atoms with Gasteiger partial charge >= 0.3 is 0 Å². The van der Waals surface area contributed by atoms with Gasteiger partial charge in [0.25, 0.3) is 5.69 Å². The zero-order valence-corrected chi connectivity index (χ0v) is 14.8. The molecule has 1 heterocycles. The molecule has 0 saturated heterocycles. The van der Waals surface area contributed by atoms with E-state index in [1.165, 1.54) is 4.68 Å². The van der Waals surface area contributed by atoms with E-state index in [1.54, 1.807) is 0 Å². The summed E-state index contributed by atoms with van der Waals surface area (Å²) < 4.78 is 14.9. The van der Waals surface area contributed by atoms with E-state index < -0.39 is 10.7 Å². The van der Waals surface area contributed by atoms with Gasteiger partial charge in [-0.3, -0.25) is 10.1 Å². The molecule has 3 N–H and O–H groups in total. The number of nitrogens with two attached hydrogens (primary N) is 1. The van der Waals surface area contributed by atoms with E-state index in [0.717, 1.165) is 23.9 Å². The fraction of sp³-hybridized carbons (Fsp3) is 0.158. The standard InChI is InChI=1S/C19H17FN6O2/c20-13-8-9-18(26(27)28)17(11-13)23-10-4-7-16-15(12-21)19(22)25(24-16)14-5-2-1-3-6-14/h1-3,5-6,8-9,11,23H,4,7,10,22H2. The number of hydrogen-bond donors (Lipinski definition) is 2. The van der Waals surface area contributed by atoms with Crippen LogP contribution in [0.4, 0.5) is 21.6 Å². The van der Waals surface area contributed by atoms with Crippen molar-refractivity contribution < 1.29 is 9.31 Å². The molecule has 0 atom stereocenters. The van der Waals surface area contributed by atoms with Crippen LogP contribution in [0.5, 0.6) is 0 Å². The van der Waals surface area contributed by atoms with Gasteiger partial charge in [0.05, 0.1) is 16.3 Å². The predicted molar refractivity (Wildman–Crippen MR) is 103 cm³/mol. The summed E-state index contributed by atoms with van der Waals surface area (Å²) >= 11 is 0. The molecule has 0 radical (unpaired) electrons. The second-order valence-corrected chi connectivity index (χ2v) is 6.02. The van der Waals surface area contributed by atoms with Gasteiger partial charge in [0, 0.05) is 18.7 Å². The topological polar surface area (TPSA) is 123 Å². The molecule has 0 amide bonds. The van der Waals surface area contributed by atoms with Gasteiger partial charge in [-0.15, -0.1) is 0 Å². The largest absolute Gasteiger partial charge is 0.382 e. The van der Waals surface area contributed by atoms with Crippen molar-refractivity contribution >= 4 is 17.2 Å². The first kappa shape index (κ1) is 18.8. The van der Waals surface area contributed by atoms with E-state index in [4.69, 9.17) is 5.73 Å². The summed E-state index contributed by atoms with van der Waals surface area (Å²) in [7, 11) is 0. The van der Waals surface area contributed by atoms with Gasteiger partial charge in [0.1, 0.15) is 29.0 Å². The zero-order chi connectivity index (χ0) is 20.1. The molecule has 8 nitrogen and oxygen atoms in total. The van der Waals surface area contributed by atoms with Gasteiger partial charge < -0.3 is 11.1 Å². The highest BCUT2D eigenvalue weighted by Gasteiger charge is 2.17. The van der Waals surface area contributed by atoms with E-state index in [9.17, 15) is 19.8 Å². The van der Waals surface area contributed by atoms with Crippen molar-refractivity contribution in [3.63, 3.8) is 0 Å². The lowest BCUT2D eigenvalue weighted by molar-refractivity contribution is -0.384. The van der Waals surface area contributed by atoms with Crippen molar-refractivity contribution in [2.24, 2.45) is 0 Å². The predicted octanol–water partition coefficient (Wildman–Crippen LogP) is 3.42. The zero-order valence-electron chi connectivity index (χ0n) is 14.8. The third kappa shape index (κ3) is 3.91. The number of nitrogens with zero attached hydrogens (tertiary/aromatic N) is 4. The third-order valence-corrected chi connectivity index (χ3v) is 4.17. The quantitative estimate of drug-likeness (QED) is 0.368. The van der Waals surface area contributed by atoms with Crippen molar-refractivity contribution in [3.05, 3.63) is 75.7 Å². The fourth-order valence-corrected chi connectivity index (χ4v) is 2.83. The average molecular weight is 380 g/mol. The van der Waals surface area contributed by atoms with Crippen LogP contribution in [0.1, 0.15) is 17.7 Å². The number of para-hydroxylation sites is 1. The number of nitro groups is 1. The second kappa shape index (κ2) is 8.18. The van der Waals surface area contributed by atoms with Crippen LogP contribution in [0.15, 0.2) is 48.5 Å². The maximum Gasteiger partial charge on any atom is 0.292 e. The van der Waals surface area contributed by atoms with Gasteiger partial charge in [0.15, 0.2) is 0 Å². The molecule has 142 valence electrons. The molecule has 0 spiro atoms. The number of halogens is 1. The molecule has 9 heteroatoms. The molecule has 2 aromatic carbocycles. The number of nitrogens with one attached hydrogen (secondary N) is 1. The number of rotatable bonds is 7. The van der Waals surface area contributed by atoms with E-state index >= 15 is 0 Å². The number of hydrogen-bond acceptors (Lipinski definition) is 6. The first-order valence-electron chi connectivity index (χ1n) is 8.52. The normalized spacial score (nSPS) is 10.4. The summed E-state index contributed by atoms with van der Waals surface area (Å²) in [5, 5.41) is 27.7. The summed E-state index contributed by atoms with van der Waals surface area (Å²) in [6, 6.07) is 14.5. The summed E-state index contributed by atoms with van der Waals surface area (Å²) in [6.45, 7) is 0.341. The maximum absolute atomic E-state index is 13.4. The third-order valence-electron chi connectivity index (χ3n) is 4.17. The van der Waals surface area contributed by atoms with Crippen LogP contribution < -0.4 is 11.1 Å². The lowest BCUT2D eigenvalue weighted by Crippen LogP contribution is -2.06. The maximum atomic E-state index is 13.4. The van der Waals surface area contributed by atoms with Crippen LogP contribution in [0.25, 0.3) is 5.69 Å². The highest BCUT2D eigenvalue weighted by molar-refractivity contribution is 5.61. The number of nitro benzene ring substituents is 1. The molecule has 1 aromatic heterocycles. The van der Waals surface area contributed by atoms with Gasteiger partial charge in [-0.2, -0.15) is 10.4 Å². The Morgan fingerprint density at radius 1 is 1.29 bits per heavy atom. The summed E-state index contributed by atoms with van der Waals surface area (Å²) in [6.07, 6.45) is 0.955. The molecule has 0 saturated carbocycles. The van der Waals surface area contributed by atoms with Crippen LogP contribution in [0, 0.1) is 27.3 Å². The molecule has 0 aliphatic heterocycles. The Kier molecular flexibility index (Phi) is 5.50. The van der Waals surface area contributed by atoms with Crippen molar-refractivity contribution in [2.75, 3.05) is 17.6 Å². The van der Waals surface area contributed by atoms with Gasteiger partial charge in [-0.1, -0.05) is 18.2 Å². The number of aromatic nitrogens is 2. The van der Waals surface area contributed by atoms with Crippen LogP contribution in [-0.2, 0) is 6.42 Å². The molecule has 0 aliphatic carbocycles.